The fourth-order valence-corrected chi connectivity index (χ4v) is 3.66. The molecule has 5 rings (SSSR count). The smallest absolute Gasteiger partial charge is 0.182 e. The minimum absolute atomic E-state index is 0.256. The molecule has 0 radical (unpaired) electrons. The summed E-state index contributed by atoms with van der Waals surface area (Å²) in [6, 6.07) is 8.05. The summed E-state index contributed by atoms with van der Waals surface area (Å²) >= 11 is 0. The number of halogens is 1. The Morgan fingerprint density at radius 2 is 2.14 bits per heavy atom. The summed E-state index contributed by atoms with van der Waals surface area (Å²) in [6.07, 6.45) is 7.17. The Labute approximate surface area is 164 Å². The highest BCUT2D eigenvalue weighted by molar-refractivity contribution is 5.84. The number of hydrogen-bond donors (Lipinski definition) is 2. The first-order valence-corrected chi connectivity index (χ1v) is 9.20. The van der Waals surface area contributed by atoms with Gasteiger partial charge < -0.3 is 9.55 Å². The van der Waals surface area contributed by atoms with Crippen LogP contribution in [0.2, 0.25) is 0 Å². The first kappa shape index (κ1) is 17.2. The van der Waals surface area contributed by atoms with Gasteiger partial charge in [0.25, 0.3) is 0 Å². The maximum Gasteiger partial charge on any atom is 0.182 e. The third-order valence-electron chi connectivity index (χ3n) is 5.02. The molecule has 2 N–H and O–H groups in total. The molecule has 0 fully saturated rings. The summed E-state index contributed by atoms with van der Waals surface area (Å²) in [5, 5.41) is 14.2. The van der Waals surface area contributed by atoms with E-state index < -0.39 is 0 Å². The van der Waals surface area contributed by atoms with E-state index in [4.69, 9.17) is 10.5 Å². The van der Waals surface area contributed by atoms with Gasteiger partial charge in [-0.15, -0.1) is 0 Å². The van der Waals surface area contributed by atoms with E-state index in [-0.39, 0.29) is 17.3 Å². The fraction of sp³-hybridized carbons (Fsp3) is 0.150. The number of rotatable bonds is 4. The van der Waals surface area contributed by atoms with Crippen molar-refractivity contribution in [2.24, 2.45) is 0 Å². The summed E-state index contributed by atoms with van der Waals surface area (Å²) < 4.78 is 17.5. The van der Waals surface area contributed by atoms with Gasteiger partial charge in [-0.25, -0.2) is 19.0 Å². The maximum atomic E-state index is 14.0. The van der Waals surface area contributed by atoms with Crippen molar-refractivity contribution in [3.63, 3.8) is 0 Å². The van der Waals surface area contributed by atoms with Crippen molar-refractivity contribution in [3.8, 4) is 5.69 Å². The molecule has 0 saturated carbocycles. The zero-order valence-corrected chi connectivity index (χ0v) is 15.5. The predicted octanol–water partition coefficient (Wildman–Crippen LogP) is 3.11. The third kappa shape index (κ3) is 2.70. The second kappa shape index (κ2) is 6.62. The number of H-pyrrole nitrogens is 1. The highest BCUT2D eigenvalue weighted by Crippen LogP contribution is 2.30. The Balaban J connectivity index is 1.77. The van der Waals surface area contributed by atoms with Gasteiger partial charge in [-0.3, -0.25) is 10.4 Å². The second-order valence-corrected chi connectivity index (χ2v) is 6.70. The highest BCUT2D eigenvalue weighted by atomic mass is 19.1. The average Bonchev–Trinajstić information content (AvgIpc) is 3.36. The van der Waals surface area contributed by atoms with E-state index in [1.165, 1.54) is 18.5 Å². The second-order valence-electron chi connectivity index (χ2n) is 6.70. The molecule has 1 atom stereocenters. The molecule has 0 saturated heterocycles. The Kier molecular flexibility index (Phi) is 3.94. The van der Waals surface area contributed by atoms with E-state index in [1.54, 1.807) is 34.0 Å². The minimum Gasteiger partial charge on any atom is -0.340 e. The third-order valence-corrected chi connectivity index (χ3v) is 5.02. The molecule has 0 aliphatic heterocycles. The van der Waals surface area contributed by atoms with E-state index in [0.717, 1.165) is 16.8 Å². The molecule has 0 aliphatic rings. The van der Waals surface area contributed by atoms with Crippen LogP contribution in [0.5, 0.6) is 0 Å². The van der Waals surface area contributed by atoms with Crippen LogP contribution in [0.4, 0.5) is 4.39 Å². The summed E-state index contributed by atoms with van der Waals surface area (Å²) in [5.74, 6) is -0.337. The van der Waals surface area contributed by atoms with Gasteiger partial charge in [0.15, 0.2) is 11.1 Å². The largest absolute Gasteiger partial charge is 0.340 e. The number of hydrogen-bond acceptors (Lipinski definition) is 5. The van der Waals surface area contributed by atoms with Crippen LogP contribution in [0.15, 0.2) is 55.4 Å². The topological polar surface area (TPSA) is 101 Å². The Morgan fingerprint density at radius 3 is 2.93 bits per heavy atom. The van der Waals surface area contributed by atoms with Crippen LogP contribution < -0.4 is 5.49 Å². The van der Waals surface area contributed by atoms with Gasteiger partial charge in [0.1, 0.15) is 11.3 Å². The lowest BCUT2D eigenvalue weighted by Gasteiger charge is -2.17. The van der Waals surface area contributed by atoms with Gasteiger partial charge in [-0.2, -0.15) is 5.10 Å². The average molecular weight is 388 g/mol. The van der Waals surface area contributed by atoms with Crippen LogP contribution in [0, 0.1) is 11.2 Å². The van der Waals surface area contributed by atoms with Crippen molar-refractivity contribution in [1.82, 2.24) is 34.3 Å². The molecule has 0 bridgehead atoms. The van der Waals surface area contributed by atoms with Gasteiger partial charge in [0.05, 0.1) is 41.8 Å². The Morgan fingerprint density at radius 1 is 1.24 bits per heavy atom. The van der Waals surface area contributed by atoms with E-state index in [1.807, 2.05) is 19.1 Å². The summed E-state index contributed by atoms with van der Waals surface area (Å²) in [4.78, 5) is 15.6. The molecule has 1 aromatic carbocycles. The van der Waals surface area contributed by atoms with E-state index in [0.29, 0.717) is 23.1 Å². The van der Waals surface area contributed by atoms with Crippen molar-refractivity contribution in [2.75, 3.05) is 0 Å². The number of fused-ring (bicyclic) bond motifs is 2. The first-order valence-electron chi connectivity index (χ1n) is 9.20. The standard InChI is InChI=1S/C20H17FN8/c1-2-15(28-11-26-20-18(19(28)22)24-10-25-20)17-14-6-5-12(21)8-16(14)29(27-17)13-4-3-7-23-9-13/h3-11,15,22H,2H2,1H3,(H,24,25)/t15-/m0/s1. The summed E-state index contributed by atoms with van der Waals surface area (Å²) in [6.45, 7) is 2.02. The normalized spacial score (nSPS) is 12.6. The molecule has 4 aromatic heterocycles. The van der Waals surface area contributed by atoms with E-state index >= 15 is 0 Å². The fourth-order valence-electron chi connectivity index (χ4n) is 3.66. The lowest BCUT2D eigenvalue weighted by molar-refractivity contribution is 0.519. The number of imidazole rings is 1. The van der Waals surface area contributed by atoms with Crippen LogP contribution in [-0.2, 0) is 0 Å². The molecule has 29 heavy (non-hydrogen) atoms. The molecule has 5 aromatic rings. The van der Waals surface area contributed by atoms with E-state index in [2.05, 4.69) is 19.9 Å². The van der Waals surface area contributed by atoms with Crippen LogP contribution >= 0.6 is 0 Å². The van der Waals surface area contributed by atoms with Crippen LogP contribution in [0.25, 0.3) is 27.8 Å². The molecule has 4 heterocycles. The number of aromatic amines is 1. The summed E-state index contributed by atoms with van der Waals surface area (Å²) in [7, 11) is 0. The van der Waals surface area contributed by atoms with E-state index in [9.17, 15) is 4.39 Å². The molecule has 9 heteroatoms. The van der Waals surface area contributed by atoms with Crippen molar-refractivity contribution < 1.29 is 4.39 Å². The van der Waals surface area contributed by atoms with Crippen molar-refractivity contribution in [1.29, 1.82) is 5.41 Å². The molecular weight excluding hydrogens is 371 g/mol. The Bertz CT molecular complexity index is 1380. The van der Waals surface area contributed by atoms with Crippen LogP contribution in [0.1, 0.15) is 25.1 Å². The molecule has 0 aliphatic carbocycles. The highest BCUT2D eigenvalue weighted by Gasteiger charge is 2.22. The van der Waals surface area contributed by atoms with Gasteiger partial charge in [-0.05, 0) is 30.7 Å². The van der Waals surface area contributed by atoms with Gasteiger partial charge in [-0.1, -0.05) is 6.92 Å². The monoisotopic (exact) mass is 388 g/mol. The summed E-state index contributed by atoms with van der Waals surface area (Å²) in [5.41, 5.74) is 3.45. The van der Waals surface area contributed by atoms with Crippen LogP contribution in [-0.4, -0.2) is 34.3 Å². The molecule has 8 nitrogen and oxygen atoms in total. The maximum absolute atomic E-state index is 14.0. The molecular formula is C20H17FN8. The van der Waals surface area contributed by atoms with Crippen molar-refractivity contribution >= 4 is 22.1 Å². The quantitative estimate of drug-likeness (QED) is 0.494. The van der Waals surface area contributed by atoms with Gasteiger partial charge >= 0.3 is 0 Å². The van der Waals surface area contributed by atoms with Gasteiger partial charge in [0.2, 0.25) is 0 Å². The number of benzene rings is 1. The number of aromatic nitrogens is 7. The number of pyridine rings is 1. The van der Waals surface area contributed by atoms with Crippen molar-refractivity contribution in [2.45, 2.75) is 19.4 Å². The lowest BCUT2D eigenvalue weighted by Crippen LogP contribution is -2.26. The first-order chi connectivity index (χ1) is 14.2. The molecule has 0 amide bonds. The zero-order valence-electron chi connectivity index (χ0n) is 15.5. The zero-order chi connectivity index (χ0) is 20.0. The number of nitrogens with zero attached hydrogens (tertiary/aromatic N) is 6. The molecule has 0 unspecified atom stereocenters. The van der Waals surface area contributed by atoms with Gasteiger partial charge in [0, 0.05) is 17.6 Å². The van der Waals surface area contributed by atoms with Crippen LogP contribution in [0.3, 0.4) is 0 Å². The number of nitrogens with one attached hydrogen (secondary N) is 2. The molecule has 144 valence electrons. The van der Waals surface area contributed by atoms with Crippen molar-refractivity contribution in [3.05, 3.63) is 72.4 Å². The minimum atomic E-state index is -0.337. The lowest BCUT2D eigenvalue weighted by atomic mass is 10.1. The molecule has 0 spiro atoms. The SMILES string of the molecule is CC[C@@H](c1nn(-c2cccnc2)c2cc(F)ccc12)n1cnc2nc[nH]c2c1=N. The Hall–Kier alpha value is -3.88. The predicted molar refractivity (Wildman–Crippen MR) is 105 cm³/mol.